The summed E-state index contributed by atoms with van der Waals surface area (Å²) in [5.74, 6) is 0. The van der Waals surface area contributed by atoms with Gasteiger partial charge in [0, 0.05) is 28.8 Å². The van der Waals surface area contributed by atoms with E-state index in [1.807, 2.05) is 5.38 Å². The molecule has 3 rings (SSSR count). The van der Waals surface area contributed by atoms with Gasteiger partial charge >= 0.3 is 0 Å². The molecule has 2 aliphatic carbocycles. The summed E-state index contributed by atoms with van der Waals surface area (Å²) >= 11 is 3.28. The highest BCUT2D eigenvalue weighted by atomic mass is 32.2. The molecule has 4 nitrogen and oxygen atoms in total. The van der Waals surface area contributed by atoms with Gasteiger partial charge in [0.2, 0.25) is 10.0 Å². The third kappa shape index (κ3) is 3.39. The Morgan fingerprint density at radius 1 is 1.45 bits per heavy atom. The largest absolute Gasteiger partial charge is 0.309 e. The maximum absolute atomic E-state index is 12.4. The summed E-state index contributed by atoms with van der Waals surface area (Å²) in [7, 11) is -3.37. The number of hydrogen-bond acceptors (Lipinski definition) is 5. The summed E-state index contributed by atoms with van der Waals surface area (Å²) in [5.41, 5.74) is 0. The maximum Gasteiger partial charge on any atom is 0.241 e. The van der Waals surface area contributed by atoms with E-state index in [-0.39, 0.29) is 4.75 Å². The Hall–Kier alpha value is -0.0800. The SMILES string of the molecule is CSC1(CNS(=O)(=O)c2ccsc2CNC2CC2)CC1. The zero-order valence-corrected chi connectivity index (χ0v) is 14.0. The predicted molar refractivity (Wildman–Crippen MR) is 84.8 cm³/mol. The summed E-state index contributed by atoms with van der Waals surface area (Å²) in [5, 5.41) is 5.24. The molecule has 20 heavy (non-hydrogen) atoms. The van der Waals surface area contributed by atoms with Crippen LogP contribution >= 0.6 is 23.1 Å². The lowest BCUT2D eigenvalue weighted by atomic mass is 10.4. The van der Waals surface area contributed by atoms with Crippen LogP contribution in [0.25, 0.3) is 0 Å². The molecule has 1 heterocycles. The van der Waals surface area contributed by atoms with Crippen LogP contribution in [0, 0.1) is 0 Å². The summed E-state index contributed by atoms with van der Waals surface area (Å²) in [6, 6.07) is 2.31. The Bertz CT molecular complexity index is 574. The molecule has 0 radical (unpaired) electrons. The normalized spacial score (nSPS) is 21.1. The van der Waals surface area contributed by atoms with Crippen molar-refractivity contribution in [2.45, 2.75) is 47.9 Å². The molecule has 0 bridgehead atoms. The average molecular weight is 333 g/mol. The third-order valence-corrected chi connectivity index (χ3v) is 7.90. The van der Waals surface area contributed by atoms with Gasteiger partial charge in [0.1, 0.15) is 0 Å². The molecule has 0 aromatic carbocycles. The van der Waals surface area contributed by atoms with E-state index in [2.05, 4.69) is 16.3 Å². The number of thiophene rings is 1. The molecule has 0 saturated heterocycles. The molecule has 0 spiro atoms. The van der Waals surface area contributed by atoms with E-state index in [1.165, 1.54) is 24.2 Å². The second-order valence-electron chi connectivity index (χ2n) is 5.57. The van der Waals surface area contributed by atoms with Gasteiger partial charge in [-0.05, 0) is 43.4 Å². The number of hydrogen-bond donors (Lipinski definition) is 2. The van der Waals surface area contributed by atoms with Crippen LogP contribution in [-0.4, -0.2) is 32.0 Å². The number of sulfonamides is 1. The predicted octanol–water partition coefficient (Wildman–Crippen LogP) is 2.17. The summed E-state index contributed by atoms with van der Waals surface area (Å²) in [4.78, 5) is 1.37. The fourth-order valence-corrected chi connectivity index (χ4v) is 5.46. The first-order chi connectivity index (χ1) is 9.55. The molecule has 0 unspecified atom stereocenters. The lowest BCUT2D eigenvalue weighted by Gasteiger charge is -2.13. The van der Waals surface area contributed by atoms with E-state index in [1.54, 1.807) is 17.8 Å². The first kappa shape index (κ1) is 14.8. The van der Waals surface area contributed by atoms with Crippen molar-refractivity contribution in [1.82, 2.24) is 10.0 Å². The molecular formula is C13H20N2O2S3. The first-order valence-electron chi connectivity index (χ1n) is 6.89. The van der Waals surface area contributed by atoms with Crippen LogP contribution in [0.4, 0.5) is 0 Å². The lowest BCUT2D eigenvalue weighted by Crippen LogP contribution is -2.32. The van der Waals surface area contributed by atoms with E-state index in [0.717, 1.165) is 17.7 Å². The fourth-order valence-electron chi connectivity index (χ4n) is 2.12. The van der Waals surface area contributed by atoms with Gasteiger partial charge in [-0.3, -0.25) is 0 Å². The van der Waals surface area contributed by atoms with E-state index in [4.69, 9.17) is 0 Å². The molecule has 0 amide bonds. The Labute approximate surface area is 128 Å². The lowest BCUT2D eigenvalue weighted by molar-refractivity contribution is 0.577. The van der Waals surface area contributed by atoms with Crippen molar-refractivity contribution in [2.75, 3.05) is 12.8 Å². The van der Waals surface area contributed by atoms with E-state index < -0.39 is 10.0 Å². The summed E-state index contributed by atoms with van der Waals surface area (Å²) in [6.07, 6.45) is 6.69. The van der Waals surface area contributed by atoms with E-state index in [0.29, 0.717) is 24.0 Å². The molecule has 2 N–H and O–H groups in total. The van der Waals surface area contributed by atoms with Gasteiger partial charge in [-0.1, -0.05) is 0 Å². The monoisotopic (exact) mass is 332 g/mol. The average Bonchev–Trinajstić information content (AvgIpc) is 3.35. The maximum atomic E-state index is 12.4. The molecule has 2 aliphatic rings. The molecule has 0 aliphatic heterocycles. The van der Waals surface area contributed by atoms with Crippen LogP contribution in [0.2, 0.25) is 0 Å². The van der Waals surface area contributed by atoms with Gasteiger partial charge < -0.3 is 5.32 Å². The van der Waals surface area contributed by atoms with Crippen LogP contribution in [-0.2, 0) is 16.6 Å². The van der Waals surface area contributed by atoms with Gasteiger partial charge in [-0.2, -0.15) is 11.8 Å². The van der Waals surface area contributed by atoms with Crippen molar-refractivity contribution in [1.29, 1.82) is 0 Å². The molecule has 2 fully saturated rings. The van der Waals surface area contributed by atoms with Crippen LogP contribution in [0.5, 0.6) is 0 Å². The molecule has 0 atom stereocenters. The zero-order chi connectivity index (χ0) is 14.2. The fraction of sp³-hybridized carbons (Fsp3) is 0.692. The minimum Gasteiger partial charge on any atom is -0.309 e. The Morgan fingerprint density at radius 2 is 2.20 bits per heavy atom. The number of nitrogens with one attached hydrogen (secondary N) is 2. The van der Waals surface area contributed by atoms with Crippen molar-refractivity contribution in [3.8, 4) is 0 Å². The molecule has 112 valence electrons. The Balaban J connectivity index is 1.65. The van der Waals surface area contributed by atoms with Gasteiger partial charge in [0.15, 0.2) is 0 Å². The van der Waals surface area contributed by atoms with Gasteiger partial charge in [-0.25, -0.2) is 13.1 Å². The smallest absolute Gasteiger partial charge is 0.241 e. The number of rotatable bonds is 8. The van der Waals surface area contributed by atoms with Crippen molar-refractivity contribution < 1.29 is 8.42 Å². The minimum absolute atomic E-state index is 0.148. The molecule has 1 aromatic heterocycles. The van der Waals surface area contributed by atoms with Crippen molar-refractivity contribution in [2.24, 2.45) is 0 Å². The molecule has 7 heteroatoms. The quantitative estimate of drug-likeness (QED) is 0.766. The van der Waals surface area contributed by atoms with E-state index >= 15 is 0 Å². The second kappa shape index (κ2) is 5.61. The standard InChI is InChI=1S/C13H20N2O2S3/c1-18-13(5-6-13)9-15-20(16,17)12-4-7-19-11(12)8-14-10-2-3-10/h4,7,10,14-15H,2-3,5-6,8-9H2,1H3. The van der Waals surface area contributed by atoms with E-state index in [9.17, 15) is 8.42 Å². The number of thioether (sulfide) groups is 1. The molecule has 2 saturated carbocycles. The van der Waals surface area contributed by atoms with Crippen molar-refractivity contribution in [3.63, 3.8) is 0 Å². The summed E-state index contributed by atoms with van der Waals surface area (Å²) in [6.45, 7) is 1.20. The highest BCUT2D eigenvalue weighted by Crippen LogP contribution is 2.46. The van der Waals surface area contributed by atoms with Crippen molar-refractivity contribution >= 4 is 33.1 Å². The van der Waals surface area contributed by atoms with Gasteiger partial charge in [0.25, 0.3) is 0 Å². The third-order valence-electron chi connectivity index (χ3n) is 3.95. The molecular weight excluding hydrogens is 312 g/mol. The minimum atomic E-state index is -3.37. The first-order valence-corrected chi connectivity index (χ1v) is 10.5. The zero-order valence-electron chi connectivity index (χ0n) is 11.5. The topological polar surface area (TPSA) is 58.2 Å². The second-order valence-corrected chi connectivity index (χ2v) is 9.59. The van der Waals surface area contributed by atoms with Crippen LogP contribution in [0.1, 0.15) is 30.6 Å². The summed E-state index contributed by atoms with van der Waals surface area (Å²) < 4.78 is 27.8. The van der Waals surface area contributed by atoms with Crippen molar-refractivity contribution in [3.05, 3.63) is 16.3 Å². The van der Waals surface area contributed by atoms with Crippen LogP contribution in [0.3, 0.4) is 0 Å². The van der Waals surface area contributed by atoms with Gasteiger partial charge in [-0.15, -0.1) is 11.3 Å². The Morgan fingerprint density at radius 3 is 2.80 bits per heavy atom. The van der Waals surface area contributed by atoms with Crippen LogP contribution < -0.4 is 10.0 Å². The highest BCUT2D eigenvalue weighted by molar-refractivity contribution is 8.00. The molecule has 1 aromatic rings. The van der Waals surface area contributed by atoms with Crippen LogP contribution in [0.15, 0.2) is 16.3 Å². The van der Waals surface area contributed by atoms with Gasteiger partial charge in [0.05, 0.1) is 4.90 Å². The Kier molecular flexibility index (Phi) is 4.16. The highest BCUT2D eigenvalue weighted by Gasteiger charge is 2.42.